The van der Waals surface area contributed by atoms with Gasteiger partial charge in [-0.3, -0.25) is 4.98 Å². The van der Waals surface area contributed by atoms with Crippen LogP contribution >= 0.6 is 0 Å². The first-order valence-electron chi connectivity index (χ1n) is 14.0. The zero-order valence-electron chi connectivity index (χ0n) is 24.7. The average Bonchev–Trinajstić information content (AvgIpc) is 2.89. The lowest BCUT2D eigenvalue weighted by Crippen LogP contribution is -2.39. The minimum absolute atomic E-state index is 0.108. The van der Waals surface area contributed by atoms with E-state index in [9.17, 15) is 14.3 Å². The van der Waals surface area contributed by atoms with Gasteiger partial charge in [0.1, 0.15) is 5.82 Å². The van der Waals surface area contributed by atoms with E-state index in [1.165, 1.54) is 18.2 Å². The number of anilines is 2. The number of aliphatic carboxylic acids is 1. The Morgan fingerprint density at radius 2 is 1.78 bits per heavy atom. The number of halogens is 2. The number of piperidine rings is 1. The minimum atomic E-state index is -1.25. The van der Waals surface area contributed by atoms with E-state index in [1.54, 1.807) is 31.5 Å². The number of carboxylic acid groups (broad SMARTS) is 1. The predicted molar refractivity (Wildman–Crippen MR) is 157 cm³/mol. The molecule has 0 aliphatic carbocycles. The average molecular weight is 567 g/mol. The second kappa shape index (κ2) is 12.1. The molecule has 4 rings (SSSR count). The topological polar surface area (TPSA) is 87.6 Å². The molecule has 0 radical (unpaired) electrons. The smallest absolute Gasteiger partial charge is 0.337 e. The molecule has 0 saturated carbocycles. The van der Waals surface area contributed by atoms with Gasteiger partial charge in [-0.15, -0.1) is 0 Å². The van der Waals surface area contributed by atoms with Crippen LogP contribution in [-0.4, -0.2) is 46.3 Å². The van der Waals surface area contributed by atoms with Crippen LogP contribution in [0.2, 0.25) is 0 Å². The first kappa shape index (κ1) is 30.4. The maximum atomic E-state index is 15.4. The normalized spacial score (nSPS) is 16.0. The molecule has 7 nitrogen and oxygen atoms in total. The van der Waals surface area contributed by atoms with Crippen molar-refractivity contribution in [1.82, 2.24) is 9.97 Å². The number of carbonyl (C=O) groups is 1. The van der Waals surface area contributed by atoms with E-state index in [4.69, 9.17) is 4.74 Å². The zero-order chi connectivity index (χ0) is 29.9. The van der Waals surface area contributed by atoms with Gasteiger partial charge in [-0.25, -0.2) is 18.6 Å². The molecule has 1 aliphatic heterocycles. The van der Waals surface area contributed by atoms with Gasteiger partial charge in [0.2, 0.25) is 0 Å². The van der Waals surface area contributed by atoms with Gasteiger partial charge in [0, 0.05) is 54.4 Å². The fourth-order valence-electron chi connectivity index (χ4n) is 5.09. The lowest BCUT2D eigenvalue weighted by atomic mass is 9.82. The van der Waals surface area contributed by atoms with Crippen molar-refractivity contribution in [3.05, 3.63) is 71.2 Å². The number of benzene rings is 1. The summed E-state index contributed by atoms with van der Waals surface area (Å²) >= 11 is 0. The van der Waals surface area contributed by atoms with Gasteiger partial charge in [0.05, 0.1) is 11.3 Å². The second-order valence-electron chi connectivity index (χ2n) is 12.5. The third-order valence-electron chi connectivity index (χ3n) is 7.45. The molecule has 2 N–H and O–H groups in total. The quantitative estimate of drug-likeness (QED) is 0.290. The summed E-state index contributed by atoms with van der Waals surface area (Å²) in [5.41, 5.74) is 3.21. The maximum absolute atomic E-state index is 15.4. The third-order valence-corrected chi connectivity index (χ3v) is 7.45. The number of nitrogens with one attached hydrogen (secondary N) is 1. The molecule has 1 atom stereocenters. The van der Waals surface area contributed by atoms with Crippen molar-refractivity contribution in [2.75, 3.05) is 29.9 Å². The molecule has 1 aliphatic rings. The summed E-state index contributed by atoms with van der Waals surface area (Å²) in [6.07, 6.45) is 4.43. The fourth-order valence-corrected chi connectivity index (χ4v) is 5.09. The van der Waals surface area contributed by atoms with Gasteiger partial charge in [-0.2, -0.15) is 0 Å². The number of hydrogen-bond donors (Lipinski definition) is 2. The summed E-state index contributed by atoms with van der Waals surface area (Å²) in [6.45, 7) is 13.6. The van der Waals surface area contributed by atoms with Gasteiger partial charge < -0.3 is 20.1 Å². The molecule has 0 spiro atoms. The van der Waals surface area contributed by atoms with E-state index >= 15 is 4.39 Å². The van der Waals surface area contributed by atoms with Crippen LogP contribution in [0.3, 0.4) is 0 Å². The molecule has 220 valence electrons. The Morgan fingerprint density at radius 1 is 1.12 bits per heavy atom. The van der Waals surface area contributed by atoms with E-state index < -0.39 is 23.5 Å². The summed E-state index contributed by atoms with van der Waals surface area (Å²) in [7, 11) is 0. The standard InChI is InChI=1S/C32H40F2N4O3/c1-20-26(28(30(39)40)41-31(2,3)4)27(38-15-12-32(5,6)13-16-38)24(19-36-20)22-17-25(34)29(37-18-22)35-14-11-21-7-9-23(33)10-8-21/h7-10,17-19,28H,11-16H2,1-6H3,(H,35,37)(H,39,40)/t28-/m0/s1. The Kier molecular flexibility index (Phi) is 8.97. The van der Waals surface area contributed by atoms with E-state index in [2.05, 4.69) is 34.0 Å². The fraction of sp³-hybridized carbons (Fsp3) is 0.469. The Morgan fingerprint density at radius 3 is 2.37 bits per heavy atom. The van der Waals surface area contributed by atoms with Crippen molar-refractivity contribution in [3.8, 4) is 11.1 Å². The number of aryl methyl sites for hydroxylation is 1. The second-order valence-corrected chi connectivity index (χ2v) is 12.5. The highest BCUT2D eigenvalue weighted by atomic mass is 19.1. The molecular formula is C32H40F2N4O3. The zero-order valence-corrected chi connectivity index (χ0v) is 24.7. The van der Waals surface area contributed by atoms with Crippen molar-refractivity contribution in [2.45, 2.75) is 72.5 Å². The highest BCUT2D eigenvalue weighted by Crippen LogP contribution is 2.43. The van der Waals surface area contributed by atoms with Crippen LogP contribution in [0.15, 0.2) is 42.7 Å². The third kappa shape index (κ3) is 7.58. The first-order valence-corrected chi connectivity index (χ1v) is 14.0. The first-order chi connectivity index (χ1) is 19.2. The number of hydrogen-bond acceptors (Lipinski definition) is 6. The summed E-state index contributed by atoms with van der Waals surface area (Å²) in [6, 6.07) is 7.59. The highest BCUT2D eigenvalue weighted by molar-refractivity contribution is 5.86. The van der Waals surface area contributed by atoms with Crippen LogP contribution in [-0.2, 0) is 16.0 Å². The molecule has 1 fully saturated rings. The highest BCUT2D eigenvalue weighted by Gasteiger charge is 2.36. The van der Waals surface area contributed by atoms with Gasteiger partial charge in [0.25, 0.3) is 0 Å². The molecule has 41 heavy (non-hydrogen) atoms. The molecule has 2 aromatic heterocycles. The molecule has 3 heterocycles. The van der Waals surface area contributed by atoms with Crippen molar-refractivity contribution in [2.24, 2.45) is 5.41 Å². The van der Waals surface area contributed by atoms with Gasteiger partial charge >= 0.3 is 5.97 Å². The van der Waals surface area contributed by atoms with E-state index in [0.29, 0.717) is 41.0 Å². The summed E-state index contributed by atoms with van der Waals surface area (Å²) in [5.74, 6) is -1.83. The van der Waals surface area contributed by atoms with Gasteiger partial charge in [-0.05, 0) is 76.1 Å². The largest absolute Gasteiger partial charge is 0.479 e. The summed E-state index contributed by atoms with van der Waals surface area (Å²) < 4.78 is 34.6. The van der Waals surface area contributed by atoms with Crippen LogP contribution in [0.1, 0.15) is 70.4 Å². The number of pyridine rings is 2. The molecule has 3 aromatic rings. The molecule has 1 aromatic carbocycles. The van der Waals surface area contributed by atoms with Crippen LogP contribution in [0.4, 0.5) is 20.3 Å². The number of aromatic nitrogens is 2. The van der Waals surface area contributed by atoms with E-state index in [-0.39, 0.29) is 17.1 Å². The van der Waals surface area contributed by atoms with Crippen LogP contribution < -0.4 is 10.2 Å². The summed E-state index contributed by atoms with van der Waals surface area (Å²) in [5, 5.41) is 13.3. The van der Waals surface area contributed by atoms with Crippen molar-refractivity contribution in [1.29, 1.82) is 0 Å². The van der Waals surface area contributed by atoms with E-state index in [0.717, 1.165) is 31.5 Å². The van der Waals surface area contributed by atoms with Crippen molar-refractivity contribution in [3.63, 3.8) is 0 Å². The van der Waals surface area contributed by atoms with Crippen LogP contribution in [0, 0.1) is 24.0 Å². The van der Waals surface area contributed by atoms with Gasteiger partial charge in [-0.1, -0.05) is 26.0 Å². The number of rotatable bonds is 9. The Bertz CT molecular complexity index is 1380. The van der Waals surface area contributed by atoms with Gasteiger partial charge in [0.15, 0.2) is 17.7 Å². The SMILES string of the molecule is Cc1ncc(-c2cnc(NCCc3ccc(F)cc3)c(F)c2)c(N2CCC(C)(C)CC2)c1[C@H](OC(C)(C)C)C(=O)O. The molecule has 1 saturated heterocycles. The monoisotopic (exact) mass is 566 g/mol. The Labute approximate surface area is 241 Å². The number of nitrogens with zero attached hydrogens (tertiary/aromatic N) is 3. The Hall–Kier alpha value is -3.59. The number of carboxylic acids is 1. The summed E-state index contributed by atoms with van der Waals surface area (Å²) in [4.78, 5) is 23.7. The van der Waals surface area contributed by atoms with E-state index in [1.807, 2.05) is 20.8 Å². The molecule has 9 heteroatoms. The molecule has 0 unspecified atom stereocenters. The Balaban J connectivity index is 1.71. The minimum Gasteiger partial charge on any atom is -0.479 e. The molecular weight excluding hydrogens is 526 g/mol. The van der Waals surface area contributed by atoms with Crippen LogP contribution in [0.5, 0.6) is 0 Å². The lowest BCUT2D eigenvalue weighted by Gasteiger charge is -2.40. The predicted octanol–water partition coefficient (Wildman–Crippen LogP) is 6.95. The van der Waals surface area contributed by atoms with Crippen LogP contribution in [0.25, 0.3) is 11.1 Å². The maximum Gasteiger partial charge on any atom is 0.337 e. The number of ether oxygens (including phenoxy) is 1. The molecule has 0 amide bonds. The lowest BCUT2D eigenvalue weighted by molar-refractivity contribution is -0.160. The van der Waals surface area contributed by atoms with Crippen molar-refractivity contribution < 1.29 is 23.4 Å². The molecule has 0 bridgehead atoms. The van der Waals surface area contributed by atoms with Crippen molar-refractivity contribution >= 4 is 17.5 Å².